The van der Waals surface area contributed by atoms with Crippen LogP contribution in [0, 0.1) is 13.8 Å². The molecule has 3 aromatic heterocycles. The fourth-order valence-electron chi connectivity index (χ4n) is 7.86. The minimum atomic E-state index is -0.574. The van der Waals surface area contributed by atoms with Crippen LogP contribution in [0.5, 0.6) is 0 Å². The molecule has 3 aromatic rings. The minimum absolute atomic E-state index is 0.122. The third-order valence-corrected chi connectivity index (χ3v) is 11.5. The first-order valence-electron chi connectivity index (χ1n) is 20.6. The Bertz CT molecular complexity index is 2260. The van der Waals surface area contributed by atoms with Crippen molar-refractivity contribution in [1.29, 1.82) is 0 Å². The van der Waals surface area contributed by atoms with Crippen LogP contribution in [0.1, 0.15) is 96.0 Å². The van der Waals surface area contributed by atoms with E-state index in [1.54, 1.807) is 19.1 Å². The van der Waals surface area contributed by atoms with Crippen LogP contribution in [-0.4, -0.2) is 124 Å². The number of aromatic amines is 2. The second kappa shape index (κ2) is 21.4. The molecule has 0 spiro atoms. The largest absolute Gasteiger partial charge is 0.469 e. The van der Waals surface area contributed by atoms with Crippen LogP contribution in [0.25, 0.3) is 39.3 Å². The number of allylic oxidation sites excluding steroid dienone is 1. The molecule has 60 heavy (non-hydrogen) atoms. The number of nitrogens with zero attached hydrogens (tertiary/aromatic N) is 3. The van der Waals surface area contributed by atoms with Crippen molar-refractivity contribution >= 4 is 57.1 Å². The summed E-state index contributed by atoms with van der Waals surface area (Å²) in [5.41, 5.74) is 11.4. The molecule has 8 bridgehead atoms. The van der Waals surface area contributed by atoms with E-state index in [0.29, 0.717) is 80.8 Å². The molecule has 0 saturated heterocycles. The third-order valence-electron chi connectivity index (χ3n) is 11.5. The molecule has 14 heteroatoms. The summed E-state index contributed by atoms with van der Waals surface area (Å²) >= 11 is 0. The first-order valence-corrected chi connectivity index (χ1v) is 20.6. The molecule has 324 valence electrons. The Morgan fingerprint density at radius 1 is 0.817 bits per heavy atom. The molecule has 0 fully saturated rings. The summed E-state index contributed by atoms with van der Waals surface area (Å²) in [6.07, 6.45) is 3.01. The van der Waals surface area contributed by atoms with Gasteiger partial charge in [-0.2, -0.15) is 0 Å². The van der Waals surface area contributed by atoms with Gasteiger partial charge in [-0.1, -0.05) is 26.5 Å². The van der Waals surface area contributed by atoms with Crippen molar-refractivity contribution in [3.8, 4) is 0 Å². The molecule has 2 aliphatic rings. The van der Waals surface area contributed by atoms with E-state index in [4.69, 9.17) is 38.4 Å². The number of hydrogen-bond donors (Lipinski definition) is 2. The van der Waals surface area contributed by atoms with Gasteiger partial charge in [-0.05, 0) is 74.1 Å². The summed E-state index contributed by atoms with van der Waals surface area (Å²) < 4.78 is 32.2. The molecule has 2 aliphatic heterocycles. The molecule has 1 amide bonds. The van der Waals surface area contributed by atoms with Crippen LogP contribution in [0.4, 0.5) is 0 Å². The van der Waals surface area contributed by atoms with Crippen LogP contribution in [0.15, 0.2) is 24.8 Å². The topological polar surface area (TPSA) is 167 Å². The highest BCUT2D eigenvalue weighted by Crippen LogP contribution is 2.44. The number of carbonyl (C=O) groups excluding carboxylic acids is 3. The maximum Gasteiger partial charge on any atom is 0.340 e. The maximum absolute atomic E-state index is 14.3. The van der Waals surface area contributed by atoms with Crippen molar-refractivity contribution < 1.29 is 42.8 Å². The van der Waals surface area contributed by atoms with Gasteiger partial charge >= 0.3 is 11.9 Å². The molecular weight excluding hydrogens is 767 g/mol. The van der Waals surface area contributed by atoms with Gasteiger partial charge in [0.15, 0.2) is 0 Å². The number of methoxy groups -OCH3 is 3. The van der Waals surface area contributed by atoms with E-state index in [-0.39, 0.29) is 48.7 Å². The van der Waals surface area contributed by atoms with Crippen molar-refractivity contribution in [2.75, 3.05) is 81.2 Å². The minimum Gasteiger partial charge on any atom is -0.469 e. The van der Waals surface area contributed by atoms with E-state index in [1.165, 1.54) is 14.2 Å². The highest BCUT2D eigenvalue weighted by molar-refractivity contribution is 6.25. The number of hydrogen-bond acceptors (Lipinski definition) is 11. The maximum atomic E-state index is 14.3. The number of carbonyl (C=O) groups is 3. The summed E-state index contributed by atoms with van der Waals surface area (Å²) in [5.74, 6) is -1.64. The Balaban J connectivity index is 1.66. The van der Waals surface area contributed by atoms with E-state index in [1.807, 2.05) is 32.1 Å². The van der Waals surface area contributed by atoms with Gasteiger partial charge in [0.25, 0.3) is 0 Å². The van der Waals surface area contributed by atoms with E-state index in [0.717, 1.165) is 56.4 Å². The second-order valence-corrected chi connectivity index (χ2v) is 15.1. The molecule has 14 nitrogen and oxygen atoms in total. The summed E-state index contributed by atoms with van der Waals surface area (Å²) in [4.78, 5) is 60.0. The summed E-state index contributed by atoms with van der Waals surface area (Å²) in [6.45, 7) is 17.6. The highest BCUT2D eigenvalue weighted by Gasteiger charge is 2.36. The van der Waals surface area contributed by atoms with Gasteiger partial charge in [-0.3, -0.25) is 14.6 Å². The van der Waals surface area contributed by atoms with Crippen LogP contribution >= 0.6 is 0 Å². The number of fused-ring (bicyclic) bond motifs is 8. The predicted octanol–water partition coefficient (Wildman–Crippen LogP) is 6.78. The molecule has 0 unspecified atom stereocenters. The SMILES string of the molecule is C=Cc1c(C)c2cc3nc(c(CC(=O)N(C)CCOCCOCCOCCOC)c4nc(cc5[nH]c(cc1[nH]2)c(C)c5CC)C(C)=C4C(=O)OC)[C@@H](CCC(=O)OC)[C@@H]3C. The first-order chi connectivity index (χ1) is 28.9. The zero-order valence-electron chi connectivity index (χ0n) is 36.7. The number of likely N-dealkylation sites (N-methyl/N-ethyl adjacent to an activating group) is 1. The third kappa shape index (κ3) is 10.4. The zero-order valence-corrected chi connectivity index (χ0v) is 36.7. The monoisotopic (exact) mass is 827 g/mol. The Morgan fingerprint density at radius 3 is 2.10 bits per heavy atom. The number of rotatable bonds is 20. The van der Waals surface area contributed by atoms with Gasteiger partial charge in [0, 0.05) is 77.8 Å². The number of nitrogens with one attached hydrogen (secondary N) is 2. The van der Waals surface area contributed by atoms with Gasteiger partial charge in [0.2, 0.25) is 5.91 Å². The quantitative estimate of drug-likeness (QED) is 0.0911. The van der Waals surface area contributed by atoms with Crippen molar-refractivity contribution in [2.45, 2.75) is 72.1 Å². The lowest BCUT2D eigenvalue weighted by molar-refractivity contribution is -0.141. The Labute approximate surface area is 352 Å². The molecule has 2 N–H and O–H groups in total. The molecule has 0 aromatic carbocycles. The average Bonchev–Trinajstić information content (AvgIpc) is 3.93. The van der Waals surface area contributed by atoms with E-state index >= 15 is 0 Å². The fourth-order valence-corrected chi connectivity index (χ4v) is 7.86. The first kappa shape index (κ1) is 45.9. The smallest absolute Gasteiger partial charge is 0.340 e. The molecule has 5 rings (SSSR count). The second-order valence-electron chi connectivity index (χ2n) is 15.1. The van der Waals surface area contributed by atoms with Gasteiger partial charge < -0.3 is 43.3 Å². The predicted molar refractivity (Wildman–Crippen MR) is 233 cm³/mol. The molecule has 0 saturated carbocycles. The van der Waals surface area contributed by atoms with E-state index in [2.05, 4.69) is 43.4 Å². The Morgan fingerprint density at radius 2 is 1.47 bits per heavy atom. The summed E-state index contributed by atoms with van der Waals surface area (Å²) in [7, 11) is 6.05. The lowest BCUT2D eigenvalue weighted by atomic mass is 9.84. The number of amides is 1. The average molecular weight is 828 g/mol. The molecule has 5 heterocycles. The molecule has 0 radical (unpaired) electrons. The molecule has 0 aliphatic carbocycles. The zero-order chi connectivity index (χ0) is 43.5. The number of aromatic nitrogens is 4. The van der Waals surface area contributed by atoms with Crippen LogP contribution in [0.3, 0.4) is 0 Å². The molecule has 2 atom stereocenters. The van der Waals surface area contributed by atoms with Crippen LogP contribution in [-0.2, 0) is 55.6 Å². The van der Waals surface area contributed by atoms with Gasteiger partial charge in [0.1, 0.15) is 0 Å². The Hall–Kier alpha value is -5.15. The highest BCUT2D eigenvalue weighted by atomic mass is 16.6. The molecular formula is C46H61N5O9. The Kier molecular flexibility index (Phi) is 16.4. The van der Waals surface area contributed by atoms with Crippen LogP contribution < -0.4 is 0 Å². The number of H-pyrrole nitrogens is 2. The summed E-state index contributed by atoms with van der Waals surface area (Å²) in [6, 6.07) is 6.09. The number of aryl methyl sites for hydroxylation is 3. The van der Waals surface area contributed by atoms with Gasteiger partial charge in [-0.15, -0.1) is 0 Å². The van der Waals surface area contributed by atoms with E-state index in [9.17, 15) is 14.4 Å². The lowest BCUT2D eigenvalue weighted by Gasteiger charge is -2.21. The van der Waals surface area contributed by atoms with Crippen molar-refractivity contribution in [1.82, 2.24) is 24.8 Å². The van der Waals surface area contributed by atoms with Crippen LogP contribution in [0.2, 0.25) is 0 Å². The normalized spacial score (nSPS) is 15.0. The summed E-state index contributed by atoms with van der Waals surface area (Å²) in [5, 5.41) is 0. The standard InChI is InChI=1S/C46H61N5O9/c1-11-31-27(3)35-24-37-29(5)33(13-14-42(53)56-9)44(49-37)34(23-41(52)51(7)15-16-58-19-20-60-22-21-59-18-17-55-8)45-43(46(54)57-10)30(6)38(50-45)26-40-32(12-2)28(4)36(48-40)25-39(31)47-35/h11,24-26,29,33,47-48H,1,12-23H2,2-10H3/t29-,33-/m0/s1. The number of esters is 2. The lowest BCUT2D eigenvalue weighted by Crippen LogP contribution is -2.32. The van der Waals surface area contributed by atoms with Gasteiger partial charge in [-0.25, -0.2) is 9.78 Å². The van der Waals surface area contributed by atoms with Gasteiger partial charge in [0.05, 0.1) is 89.5 Å². The van der Waals surface area contributed by atoms with Crippen molar-refractivity contribution in [3.05, 3.63) is 75.4 Å². The number of ether oxygens (including phenoxy) is 6. The van der Waals surface area contributed by atoms with Crippen molar-refractivity contribution in [2.24, 2.45) is 0 Å². The van der Waals surface area contributed by atoms with Crippen molar-refractivity contribution in [3.63, 3.8) is 0 Å². The fraction of sp³-hybridized carbons (Fsp3) is 0.500. The van der Waals surface area contributed by atoms with E-state index < -0.39 is 5.97 Å².